The van der Waals surface area contributed by atoms with E-state index in [1.165, 1.54) is 41.4 Å². The van der Waals surface area contributed by atoms with Crippen molar-refractivity contribution < 1.29 is 36.6 Å². The second kappa shape index (κ2) is 11.5. The topological polar surface area (TPSA) is 80.2 Å². The first-order valence-corrected chi connectivity index (χ1v) is 12.0. The molecule has 1 unspecified atom stereocenters. The normalized spacial score (nSPS) is 15.2. The summed E-state index contributed by atoms with van der Waals surface area (Å²) in [6, 6.07) is 17.3. The van der Waals surface area contributed by atoms with E-state index in [4.69, 9.17) is 9.47 Å². The van der Waals surface area contributed by atoms with E-state index in [1.807, 2.05) is 0 Å². The maximum absolute atomic E-state index is 13.6. The smallest absolute Gasteiger partial charge is 0.422 e. The van der Waals surface area contributed by atoms with Crippen LogP contribution in [0.2, 0.25) is 0 Å². The average molecular weight is 544 g/mol. The summed E-state index contributed by atoms with van der Waals surface area (Å²) in [5.41, 5.74) is 2.50. The molecule has 1 aliphatic heterocycles. The van der Waals surface area contributed by atoms with Crippen LogP contribution in [-0.4, -0.2) is 48.2 Å². The van der Waals surface area contributed by atoms with Gasteiger partial charge in [0.2, 0.25) is 0 Å². The Morgan fingerprint density at radius 2 is 1.64 bits per heavy atom. The Kier molecular flexibility index (Phi) is 8.18. The van der Waals surface area contributed by atoms with Crippen LogP contribution in [0.15, 0.2) is 77.9 Å². The number of carbonyl (C=O) groups is 2. The third-order valence-electron chi connectivity index (χ3n) is 5.69. The SMILES string of the molecule is CC(C)OC(=O)c1ccc(NC(=O)N2CC(c3ccc(F)cc3)C(c3ccc(OCC(F)(F)F)cc3)=N2)cc1. The summed E-state index contributed by atoms with van der Waals surface area (Å²) in [7, 11) is 0. The van der Waals surface area contributed by atoms with E-state index >= 15 is 0 Å². The molecule has 3 aromatic rings. The molecular weight excluding hydrogens is 518 g/mol. The first kappa shape index (κ1) is 27.6. The number of hydrogen-bond acceptors (Lipinski definition) is 5. The van der Waals surface area contributed by atoms with Gasteiger partial charge < -0.3 is 14.8 Å². The first-order valence-electron chi connectivity index (χ1n) is 12.0. The predicted octanol–water partition coefficient (Wildman–Crippen LogP) is 6.37. The molecule has 7 nitrogen and oxygen atoms in total. The zero-order valence-electron chi connectivity index (χ0n) is 21.0. The van der Waals surface area contributed by atoms with Gasteiger partial charge >= 0.3 is 18.2 Å². The van der Waals surface area contributed by atoms with Crippen molar-refractivity contribution in [2.24, 2.45) is 5.10 Å². The van der Waals surface area contributed by atoms with Crippen molar-refractivity contribution in [2.75, 3.05) is 18.5 Å². The molecule has 2 amide bonds. The number of esters is 1. The van der Waals surface area contributed by atoms with Gasteiger partial charge in [-0.1, -0.05) is 12.1 Å². The van der Waals surface area contributed by atoms with Gasteiger partial charge in [0.15, 0.2) is 6.61 Å². The number of rotatable bonds is 7. The van der Waals surface area contributed by atoms with Crippen LogP contribution >= 0.6 is 0 Å². The molecule has 0 saturated carbocycles. The van der Waals surface area contributed by atoms with Gasteiger partial charge in [-0.15, -0.1) is 0 Å². The Morgan fingerprint density at radius 1 is 1.00 bits per heavy atom. The lowest BCUT2D eigenvalue weighted by atomic mass is 9.90. The minimum atomic E-state index is -4.46. The first-order chi connectivity index (χ1) is 18.5. The zero-order valence-corrected chi connectivity index (χ0v) is 21.0. The number of alkyl halides is 3. The Labute approximate surface area is 222 Å². The van der Waals surface area contributed by atoms with Crippen molar-refractivity contribution in [1.29, 1.82) is 0 Å². The van der Waals surface area contributed by atoms with Crippen molar-refractivity contribution in [1.82, 2.24) is 5.01 Å². The molecule has 204 valence electrons. The van der Waals surface area contributed by atoms with Crippen LogP contribution in [0.25, 0.3) is 0 Å². The fourth-order valence-corrected chi connectivity index (χ4v) is 3.89. The van der Waals surface area contributed by atoms with E-state index in [0.29, 0.717) is 28.1 Å². The van der Waals surface area contributed by atoms with Gasteiger partial charge in [0, 0.05) is 11.6 Å². The molecule has 0 aromatic heterocycles. The largest absolute Gasteiger partial charge is 0.484 e. The summed E-state index contributed by atoms with van der Waals surface area (Å²) in [5.74, 6) is -1.29. The Hall–Kier alpha value is -4.41. The molecular formula is C28H25F4N3O4. The van der Waals surface area contributed by atoms with Crippen LogP contribution in [0, 0.1) is 5.82 Å². The highest BCUT2D eigenvalue weighted by Gasteiger charge is 2.33. The average Bonchev–Trinajstić information content (AvgIpc) is 3.33. The van der Waals surface area contributed by atoms with Crippen LogP contribution in [0.1, 0.15) is 41.3 Å². The van der Waals surface area contributed by atoms with Gasteiger partial charge in [0.05, 0.1) is 23.9 Å². The third-order valence-corrected chi connectivity index (χ3v) is 5.69. The van der Waals surface area contributed by atoms with Crippen LogP contribution in [0.4, 0.5) is 28.0 Å². The van der Waals surface area contributed by atoms with E-state index in [1.54, 1.807) is 50.2 Å². The summed E-state index contributed by atoms with van der Waals surface area (Å²) >= 11 is 0. The number of benzene rings is 3. The summed E-state index contributed by atoms with van der Waals surface area (Å²) in [6.07, 6.45) is -4.73. The van der Waals surface area contributed by atoms with E-state index < -0.39 is 36.5 Å². The maximum atomic E-state index is 13.6. The zero-order chi connectivity index (χ0) is 28.2. The lowest BCUT2D eigenvalue weighted by Crippen LogP contribution is -2.30. The highest BCUT2D eigenvalue weighted by Crippen LogP contribution is 2.30. The van der Waals surface area contributed by atoms with Crippen LogP contribution in [-0.2, 0) is 4.74 Å². The molecule has 1 aliphatic rings. The molecule has 1 N–H and O–H groups in total. The number of hydrazone groups is 1. The molecule has 4 rings (SSSR count). The number of amides is 2. The van der Waals surface area contributed by atoms with Crippen LogP contribution in [0.3, 0.4) is 0 Å². The van der Waals surface area contributed by atoms with Crippen molar-refractivity contribution in [2.45, 2.75) is 32.0 Å². The minimum absolute atomic E-state index is 0.0309. The molecule has 11 heteroatoms. The Morgan fingerprint density at radius 3 is 2.23 bits per heavy atom. The van der Waals surface area contributed by atoms with Crippen molar-refractivity contribution in [3.63, 3.8) is 0 Å². The lowest BCUT2D eigenvalue weighted by Gasteiger charge is -2.16. The Bertz CT molecular complexity index is 1340. The minimum Gasteiger partial charge on any atom is -0.484 e. The number of anilines is 1. The van der Waals surface area contributed by atoms with Crippen LogP contribution in [0.5, 0.6) is 5.75 Å². The second-order valence-electron chi connectivity index (χ2n) is 9.06. The van der Waals surface area contributed by atoms with E-state index in [0.717, 1.165) is 0 Å². The molecule has 0 bridgehead atoms. The summed E-state index contributed by atoms with van der Waals surface area (Å²) in [5, 5.41) is 8.42. The van der Waals surface area contributed by atoms with Gasteiger partial charge in [0.1, 0.15) is 11.6 Å². The molecule has 0 aliphatic carbocycles. The summed E-state index contributed by atoms with van der Waals surface area (Å²) < 4.78 is 60.9. The number of urea groups is 1. The molecule has 0 radical (unpaired) electrons. The number of hydrogen-bond donors (Lipinski definition) is 1. The maximum Gasteiger partial charge on any atom is 0.422 e. The number of carbonyl (C=O) groups excluding carboxylic acids is 2. The molecule has 1 heterocycles. The third kappa shape index (κ3) is 7.34. The molecule has 39 heavy (non-hydrogen) atoms. The van der Waals surface area contributed by atoms with E-state index in [-0.39, 0.29) is 18.4 Å². The van der Waals surface area contributed by atoms with Crippen molar-refractivity contribution in [3.05, 3.63) is 95.3 Å². The number of halogens is 4. The molecule has 0 saturated heterocycles. The van der Waals surface area contributed by atoms with E-state index in [9.17, 15) is 27.2 Å². The fourth-order valence-electron chi connectivity index (χ4n) is 3.89. The van der Waals surface area contributed by atoms with Crippen molar-refractivity contribution >= 4 is 23.4 Å². The van der Waals surface area contributed by atoms with Gasteiger partial charge in [-0.3, -0.25) is 0 Å². The molecule has 3 aromatic carbocycles. The van der Waals surface area contributed by atoms with Crippen LogP contribution < -0.4 is 10.1 Å². The van der Waals surface area contributed by atoms with Gasteiger partial charge in [-0.05, 0) is 85.6 Å². The standard InChI is InChI=1S/C28H25F4N3O4/c1-17(2)39-26(36)20-5-11-22(12-6-20)33-27(37)35-15-24(18-3-9-21(29)10-4-18)25(34-35)19-7-13-23(14-8-19)38-16-28(30,31)32/h3-14,17,24H,15-16H2,1-2H3,(H,33,37). The highest BCUT2D eigenvalue weighted by molar-refractivity contribution is 6.08. The van der Waals surface area contributed by atoms with Gasteiger partial charge in [0.25, 0.3) is 0 Å². The second-order valence-corrected chi connectivity index (χ2v) is 9.06. The highest BCUT2D eigenvalue weighted by atomic mass is 19.4. The van der Waals surface area contributed by atoms with E-state index in [2.05, 4.69) is 10.4 Å². The monoisotopic (exact) mass is 543 g/mol. The number of nitrogens with one attached hydrogen (secondary N) is 1. The van der Waals surface area contributed by atoms with Gasteiger partial charge in [-0.2, -0.15) is 18.3 Å². The predicted molar refractivity (Wildman–Crippen MR) is 136 cm³/mol. The van der Waals surface area contributed by atoms with Crippen molar-refractivity contribution in [3.8, 4) is 5.75 Å². The fraction of sp³-hybridized carbons (Fsp3) is 0.250. The number of nitrogens with zero attached hydrogens (tertiary/aromatic N) is 2. The molecule has 0 spiro atoms. The number of ether oxygens (including phenoxy) is 2. The quantitative estimate of drug-likeness (QED) is 0.278. The Balaban J connectivity index is 1.53. The summed E-state index contributed by atoms with van der Waals surface area (Å²) in [4.78, 5) is 25.1. The molecule has 1 atom stereocenters. The van der Waals surface area contributed by atoms with Gasteiger partial charge in [-0.25, -0.2) is 19.0 Å². The lowest BCUT2D eigenvalue weighted by molar-refractivity contribution is -0.153. The molecule has 0 fully saturated rings. The summed E-state index contributed by atoms with van der Waals surface area (Å²) in [6.45, 7) is 2.20.